The molecule has 1 aliphatic rings. The van der Waals surface area contributed by atoms with E-state index in [1.807, 2.05) is 12.1 Å². The van der Waals surface area contributed by atoms with Crippen molar-refractivity contribution in [1.82, 2.24) is 5.32 Å². The van der Waals surface area contributed by atoms with Crippen LogP contribution < -0.4 is 10.1 Å². The third kappa shape index (κ3) is 4.08. The van der Waals surface area contributed by atoms with Crippen molar-refractivity contribution in [1.29, 1.82) is 0 Å². The smallest absolute Gasteiger partial charge is 0.255 e. The number of carbonyl (C=O) groups excluding carboxylic acids is 1. The number of hydrogen-bond acceptors (Lipinski definition) is 3. The molecule has 1 aromatic rings. The summed E-state index contributed by atoms with van der Waals surface area (Å²) in [7, 11) is 0. The van der Waals surface area contributed by atoms with Gasteiger partial charge in [-0.3, -0.25) is 4.79 Å². The van der Waals surface area contributed by atoms with E-state index < -0.39 is 0 Å². The van der Waals surface area contributed by atoms with Gasteiger partial charge in [-0.25, -0.2) is 0 Å². The average Bonchev–Trinajstić information content (AvgIpc) is 2.98. The number of rotatable bonds is 7. The first-order chi connectivity index (χ1) is 10.3. The molecular weight excluding hydrogens is 266 g/mol. The predicted octanol–water partition coefficient (Wildman–Crippen LogP) is 2.39. The fraction of sp³-hybridized carbons (Fsp3) is 0.471. The summed E-state index contributed by atoms with van der Waals surface area (Å²) in [5.74, 6) is 1.14. The zero-order valence-electron chi connectivity index (χ0n) is 12.3. The molecule has 2 unspecified atom stereocenters. The second-order valence-corrected chi connectivity index (χ2v) is 5.44. The van der Waals surface area contributed by atoms with Gasteiger partial charge in [0.2, 0.25) is 0 Å². The molecule has 114 valence electrons. The molecule has 4 nitrogen and oxygen atoms in total. The van der Waals surface area contributed by atoms with Gasteiger partial charge >= 0.3 is 0 Å². The van der Waals surface area contributed by atoms with Crippen molar-refractivity contribution in [3.8, 4) is 5.75 Å². The maximum absolute atomic E-state index is 12.3. The van der Waals surface area contributed by atoms with Gasteiger partial charge in [-0.1, -0.05) is 31.2 Å². The van der Waals surface area contributed by atoms with Crippen molar-refractivity contribution in [2.75, 3.05) is 19.8 Å². The van der Waals surface area contributed by atoms with E-state index in [1.54, 1.807) is 18.2 Å². The molecule has 2 rings (SSSR count). The molecule has 0 aromatic heterocycles. The number of ether oxygens (including phenoxy) is 1. The maximum atomic E-state index is 12.3. The van der Waals surface area contributed by atoms with Crippen LogP contribution in [0.5, 0.6) is 5.75 Å². The monoisotopic (exact) mass is 289 g/mol. The van der Waals surface area contributed by atoms with E-state index in [1.165, 1.54) is 0 Å². The zero-order chi connectivity index (χ0) is 15.1. The van der Waals surface area contributed by atoms with Gasteiger partial charge in [0.25, 0.3) is 5.91 Å². The SMILES string of the molecule is C=CCOc1ccccc1C(=O)NCC1CCCC1CO. The molecule has 1 aromatic carbocycles. The average molecular weight is 289 g/mol. The van der Waals surface area contributed by atoms with E-state index in [0.29, 0.717) is 36.3 Å². The lowest BCUT2D eigenvalue weighted by Gasteiger charge is -2.18. The van der Waals surface area contributed by atoms with Gasteiger partial charge in [-0.15, -0.1) is 0 Å². The summed E-state index contributed by atoms with van der Waals surface area (Å²) in [6.45, 7) is 4.80. The van der Waals surface area contributed by atoms with E-state index in [9.17, 15) is 9.90 Å². The Morgan fingerprint density at radius 2 is 2.14 bits per heavy atom. The Bertz CT molecular complexity index is 487. The highest BCUT2D eigenvalue weighted by Gasteiger charge is 2.27. The van der Waals surface area contributed by atoms with E-state index in [4.69, 9.17) is 4.74 Å². The van der Waals surface area contributed by atoms with Gasteiger partial charge in [0.05, 0.1) is 5.56 Å². The molecule has 4 heteroatoms. The fourth-order valence-electron chi connectivity index (χ4n) is 2.87. The number of nitrogens with one attached hydrogen (secondary N) is 1. The second-order valence-electron chi connectivity index (χ2n) is 5.44. The van der Waals surface area contributed by atoms with Gasteiger partial charge < -0.3 is 15.2 Å². The van der Waals surface area contributed by atoms with Crippen LogP contribution in [-0.4, -0.2) is 30.8 Å². The third-order valence-corrected chi connectivity index (χ3v) is 4.06. The summed E-state index contributed by atoms with van der Waals surface area (Å²) in [4.78, 5) is 12.3. The Labute approximate surface area is 125 Å². The lowest BCUT2D eigenvalue weighted by Crippen LogP contribution is -2.31. The Balaban J connectivity index is 1.95. The number of amides is 1. The lowest BCUT2D eigenvalue weighted by atomic mass is 9.97. The van der Waals surface area contributed by atoms with E-state index in [2.05, 4.69) is 11.9 Å². The molecule has 21 heavy (non-hydrogen) atoms. The van der Waals surface area contributed by atoms with Crippen LogP contribution in [0.2, 0.25) is 0 Å². The molecule has 0 spiro atoms. The third-order valence-electron chi connectivity index (χ3n) is 4.06. The zero-order valence-corrected chi connectivity index (χ0v) is 12.3. The number of hydrogen-bond donors (Lipinski definition) is 2. The predicted molar refractivity (Wildman–Crippen MR) is 82.4 cm³/mol. The van der Waals surface area contributed by atoms with Gasteiger partial charge in [0.15, 0.2) is 0 Å². The summed E-state index contributed by atoms with van der Waals surface area (Å²) >= 11 is 0. The summed E-state index contributed by atoms with van der Waals surface area (Å²) in [5.41, 5.74) is 0.540. The molecule has 0 bridgehead atoms. The number of aliphatic hydroxyl groups is 1. The maximum Gasteiger partial charge on any atom is 0.255 e. The minimum absolute atomic E-state index is 0.127. The first kappa shape index (κ1) is 15.6. The first-order valence-electron chi connectivity index (χ1n) is 7.48. The standard InChI is InChI=1S/C17H23NO3/c1-2-10-21-16-9-4-3-8-15(16)17(20)18-11-13-6-5-7-14(13)12-19/h2-4,8-9,13-14,19H,1,5-7,10-12H2,(H,18,20). The fourth-order valence-corrected chi connectivity index (χ4v) is 2.87. The molecule has 1 aliphatic carbocycles. The van der Waals surface area contributed by atoms with Crippen molar-refractivity contribution in [3.05, 3.63) is 42.5 Å². The highest BCUT2D eigenvalue weighted by molar-refractivity contribution is 5.96. The van der Waals surface area contributed by atoms with Gasteiger partial charge in [0, 0.05) is 13.2 Å². The summed E-state index contributed by atoms with van der Waals surface area (Å²) in [5, 5.41) is 12.3. The van der Waals surface area contributed by atoms with Crippen LogP contribution in [0.25, 0.3) is 0 Å². The number of carbonyl (C=O) groups is 1. The van der Waals surface area contributed by atoms with Crippen LogP contribution in [0.15, 0.2) is 36.9 Å². The Kier molecular flexibility index (Phi) is 5.81. The summed E-state index contributed by atoms with van der Waals surface area (Å²) in [6.07, 6.45) is 4.90. The van der Waals surface area contributed by atoms with Crippen LogP contribution in [0.3, 0.4) is 0 Å². The molecule has 0 saturated heterocycles. The van der Waals surface area contributed by atoms with E-state index in [-0.39, 0.29) is 12.5 Å². The Morgan fingerprint density at radius 1 is 1.38 bits per heavy atom. The molecule has 2 atom stereocenters. The quantitative estimate of drug-likeness (QED) is 0.758. The molecular formula is C17H23NO3. The van der Waals surface area contributed by atoms with Crippen LogP contribution >= 0.6 is 0 Å². The molecule has 1 amide bonds. The molecule has 0 aliphatic heterocycles. The van der Waals surface area contributed by atoms with E-state index in [0.717, 1.165) is 19.3 Å². The molecule has 0 radical (unpaired) electrons. The Hall–Kier alpha value is -1.81. The summed E-state index contributed by atoms with van der Waals surface area (Å²) < 4.78 is 5.50. The topological polar surface area (TPSA) is 58.6 Å². The molecule has 2 N–H and O–H groups in total. The van der Waals surface area contributed by atoms with Crippen molar-refractivity contribution < 1.29 is 14.6 Å². The van der Waals surface area contributed by atoms with Crippen LogP contribution in [-0.2, 0) is 0 Å². The minimum Gasteiger partial charge on any atom is -0.489 e. The van der Waals surface area contributed by atoms with Crippen molar-refractivity contribution in [2.45, 2.75) is 19.3 Å². The number of benzene rings is 1. The first-order valence-corrected chi connectivity index (χ1v) is 7.48. The van der Waals surface area contributed by atoms with Crippen LogP contribution in [0, 0.1) is 11.8 Å². The van der Waals surface area contributed by atoms with E-state index >= 15 is 0 Å². The van der Waals surface area contributed by atoms with Crippen molar-refractivity contribution >= 4 is 5.91 Å². The molecule has 1 fully saturated rings. The minimum atomic E-state index is -0.127. The lowest BCUT2D eigenvalue weighted by molar-refractivity contribution is 0.0934. The second kappa shape index (κ2) is 7.84. The highest BCUT2D eigenvalue weighted by Crippen LogP contribution is 2.30. The number of para-hydroxylation sites is 1. The van der Waals surface area contributed by atoms with Gasteiger partial charge in [0.1, 0.15) is 12.4 Å². The van der Waals surface area contributed by atoms with Gasteiger partial charge in [-0.2, -0.15) is 0 Å². The largest absolute Gasteiger partial charge is 0.489 e. The van der Waals surface area contributed by atoms with Crippen LogP contribution in [0.1, 0.15) is 29.6 Å². The number of aliphatic hydroxyl groups excluding tert-OH is 1. The molecule has 1 saturated carbocycles. The van der Waals surface area contributed by atoms with Crippen molar-refractivity contribution in [2.24, 2.45) is 11.8 Å². The summed E-state index contributed by atoms with van der Waals surface area (Å²) in [6, 6.07) is 7.20. The Morgan fingerprint density at radius 3 is 2.90 bits per heavy atom. The normalized spacial score (nSPS) is 21.0. The van der Waals surface area contributed by atoms with Gasteiger partial charge in [-0.05, 0) is 36.8 Å². The van der Waals surface area contributed by atoms with Crippen molar-refractivity contribution in [3.63, 3.8) is 0 Å². The highest BCUT2D eigenvalue weighted by atomic mass is 16.5. The molecule has 0 heterocycles. The van der Waals surface area contributed by atoms with Crippen LogP contribution in [0.4, 0.5) is 0 Å².